The number of carboxylic acid groups (broad SMARTS) is 1. The summed E-state index contributed by atoms with van der Waals surface area (Å²) in [5.41, 5.74) is -0.269. The summed E-state index contributed by atoms with van der Waals surface area (Å²) in [5, 5.41) is 9.06. The first-order chi connectivity index (χ1) is 6.23. The monoisotopic (exact) mass is 199 g/mol. The SMILES string of the molecule is CC(C)(C)CN1CCC(C)(C(=O)O)C1. The summed E-state index contributed by atoms with van der Waals surface area (Å²) in [7, 11) is 0. The van der Waals surface area contributed by atoms with Crippen molar-refractivity contribution in [3.63, 3.8) is 0 Å². The van der Waals surface area contributed by atoms with E-state index >= 15 is 0 Å². The Morgan fingerprint density at radius 2 is 2.07 bits per heavy atom. The van der Waals surface area contributed by atoms with E-state index in [1.54, 1.807) is 0 Å². The van der Waals surface area contributed by atoms with E-state index < -0.39 is 11.4 Å². The average Bonchev–Trinajstić information content (AvgIpc) is 2.29. The lowest BCUT2D eigenvalue weighted by molar-refractivity contribution is -0.147. The molecule has 0 aromatic rings. The normalized spacial score (nSPS) is 29.4. The third kappa shape index (κ3) is 2.71. The zero-order valence-corrected chi connectivity index (χ0v) is 9.63. The summed E-state index contributed by atoms with van der Waals surface area (Å²) in [5.74, 6) is -0.658. The van der Waals surface area contributed by atoms with Crippen molar-refractivity contribution in [2.24, 2.45) is 10.8 Å². The molecule has 0 amide bonds. The third-order valence-electron chi connectivity index (χ3n) is 2.77. The van der Waals surface area contributed by atoms with Gasteiger partial charge in [0.15, 0.2) is 0 Å². The molecule has 0 bridgehead atoms. The second-order valence-electron chi connectivity index (χ2n) is 5.89. The molecular formula is C11H21NO2. The Bertz CT molecular complexity index is 232. The van der Waals surface area contributed by atoms with Crippen LogP contribution in [0, 0.1) is 10.8 Å². The first kappa shape index (κ1) is 11.5. The maximum absolute atomic E-state index is 11.0. The smallest absolute Gasteiger partial charge is 0.310 e. The molecule has 0 aromatic carbocycles. The van der Waals surface area contributed by atoms with E-state index in [0.717, 1.165) is 19.5 Å². The van der Waals surface area contributed by atoms with Crippen molar-refractivity contribution in [2.45, 2.75) is 34.1 Å². The lowest BCUT2D eigenvalue weighted by Gasteiger charge is -2.27. The summed E-state index contributed by atoms with van der Waals surface area (Å²) in [6, 6.07) is 0. The van der Waals surface area contributed by atoms with E-state index in [-0.39, 0.29) is 5.41 Å². The number of likely N-dealkylation sites (tertiary alicyclic amines) is 1. The van der Waals surface area contributed by atoms with Crippen LogP contribution in [-0.4, -0.2) is 35.6 Å². The molecule has 1 aliphatic heterocycles. The van der Waals surface area contributed by atoms with Gasteiger partial charge in [0, 0.05) is 13.1 Å². The van der Waals surface area contributed by atoms with Crippen molar-refractivity contribution >= 4 is 5.97 Å². The van der Waals surface area contributed by atoms with Gasteiger partial charge in [0.2, 0.25) is 0 Å². The molecule has 0 spiro atoms. The number of hydrogen-bond donors (Lipinski definition) is 1. The van der Waals surface area contributed by atoms with Gasteiger partial charge in [0.05, 0.1) is 5.41 Å². The summed E-state index contributed by atoms with van der Waals surface area (Å²) < 4.78 is 0. The second-order valence-corrected chi connectivity index (χ2v) is 5.89. The van der Waals surface area contributed by atoms with Gasteiger partial charge in [-0.25, -0.2) is 0 Å². The molecule has 1 unspecified atom stereocenters. The standard InChI is InChI=1S/C11H21NO2/c1-10(2,3)7-12-6-5-11(4,8-12)9(13)14/h5-8H2,1-4H3,(H,13,14). The van der Waals surface area contributed by atoms with E-state index in [9.17, 15) is 4.79 Å². The van der Waals surface area contributed by atoms with Crippen LogP contribution in [0.4, 0.5) is 0 Å². The molecule has 1 N–H and O–H groups in total. The zero-order chi connectivity index (χ0) is 11.0. The van der Waals surface area contributed by atoms with Crippen molar-refractivity contribution in [1.82, 2.24) is 4.90 Å². The summed E-state index contributed by atoms with van der Waals surface area (Å²) >= 11 is 0. The van der Waals surface area contributed by atoms with Crippen LogP contribution in [0.3, 0.4) is 0 Å². The van der Waals surface area contributed by atoms with Crippen molar-refractivity contribution in [3.05, 3.63) is 0 Å². The van der Waals surface area contributed by atoms with Crippen molar-refractivity contribution in [3.8, 4) is 0 Å². The van der Waals surface area contributed by atoms with Crippen molar-refractivity contribution < 1.29 is 9.90 Å². The van der Waals surface area contributed by atoms with E-state index in [4.69, 9.17) is 5.11 Å². The molecular weight excluding hydrogens is 178 g/mol. The van der Waals surface area contributed by atoms with Gasteiger partial charge >= 0.3 is 5.97 Å². The number of carbonyl (C=O) groups is 1. The fourth-order valence-corrected chi connectivity index (χ4v) is 2.04. The minimum atomic E-state index is -0.658. The topological polar surface area (TPSA) is 40.5 Å². The number of nitrogens with zero attached hydrogens (tertiary/aromatic N) is 1. The predicted octanol–water partition coefficient (Wildman–Crippen LogP) is 1.83. The molecule has 1 atom stereocenters. The summed E-state index contributed by atoms with van der Waals surface area (Å²) in [4.78, 5) is 13.3. The van der Waals surface area contributed by atoms with Gasteiger partial charge < -0.3 is 10.0 Å². The number of carboxylic acids is 1. The molecule has 0 radical (unpaired) electrons. The molecule has 1 fully saturated rings. The number of hydrogen-bond acceptors (Lipinski definition) is 2. The first-order valence-electron chi connectivity index (χ1n) is 5.19. The van der Waals surface area contributed by atoms with Crippen LogP contribution in [0.1, 0.15) is 34.1 Å². The largest absolute Gasteiger partial charge is 0.481 e. The molecule has 14 heavy (non-hydrogen) atoms. The highest BCUT2D eigenvalue weighted by molar-refractivity contribution is 5.74. The molecule has 1 saturated heterocycles. The van der Waals surface area contributed by atoms with Gasteiger partial charge in [-0.05, 0) is 25.3 Å². The fraction of sp³-hybridized carbons (Fsp3) is 0.909. The van der Waals surface area contributed by atoms with Crippen molar-refractivity contribution in [2.75, 3.05) is 19.6 Å². The van der Waals surface area contributed by atoms with Gasteiger partial charge in [-0.3, -0.25) is 4.79 Å². The van der Waals surface area contributed by atoms with E-state index in [2.05, 4.69) is 25.7 Å². The zero-order valence-electron chi connectivity index (χ0n) is 9.63. The Hall–Kier alpha value is -0.570. The van der Waals surface area contributed by atoms with Crippen LogP contribution in [-0.2, 0) is 4.79 Å². The van der Waals surface area contributed by atoms with Crippen LogP contribution in [0.25, 0.3) is 0 Å². The molecule has 0 aromatic heterocycles. The molecule has 1 aliphatic rings. The molecule has 1 heterocycles. The highest BCUT2D eigenvalue weighted by Crippen LogP contribution is 2.31. The lowest BCUT2D eigenvalue weighted by Crippen LogP contribution is -2.35. The van der Waals surface area contributed by atoms with Crippen LogP contribution in [0.5, 0.6) is 0 Å². The van der Waals surface area contributed by atoms with Crippen LogP contribution < -0.4 is 0 Å². The Morgan fingerprint density at radius 1 is 1.50 bits per heavy atom. The average molecular weight is 199 g/mol. The van der Waals surface area contributed by atoms with E-state index in [0.29, 0.717) is 6.54 Å². The van der Waals surface area contributed by atoms with Crippen LogP contribution in [0.2, 0.25) is 0 Å². The molecule has 82 valence electrons. The Labute approximate surface area is 86.1 Å². The maximum atomic E-state index is 11.0. The van der Waals surface area contributed by atoms with Gasteiger partial charge in [-0.1, -0.05) is 20.8 Å². The highest BCUT2D eigenvalue weighted by Gasteiger charge is 2.40. The number of rotatable bonds is 2. The molecule has 3 nitrogen and oxygen atoms in total. The third-order valence-corrected chi connectivity index (χ3v) is 2.77. The van der Waals surface area contributed by atoms with E-state index in [1.165, 1.54) is 0 Å². The Morgan fingerprint density at radius 3 is 2.43 bits per heavy atom. The lowest BCUT2D eigenvalue weighted by atomic mass is 9.90. The first-order valence-corrected chi connectivity index (χ1v) is 5.19. The molecule has 3 heteroatoms. The summed E-state index contributed by atoms with van der Waals surface area (Å²) in [6.45, 7) is 11.0. The number of aliphatic carboxylic acids is 1. The maximum Gasteiger partial charge on any atom is 0.310 e. The second kappa shape index (κ2) is 3.54. The van der Waals surface area contributed by atoms with Gasteiger partial charge in [0.1, 0.15) is 0 Å². The Kier molecular flexibility index (Phi) is 2.91. The summed E-state index contributed by atoms with van der Waals surface area (Å²) in [6.07, 6.45) is 0.776. The van der Waals surface area contributed by atoms with Crippen molar-refractivity contribution in [1.29, 1.82) is 0 Å². The minimum absolute atomic E-state index is 0.254. The minimum Gasteiger partial charge on any atom is -0.481 e. The van der Waals surface area contributed by atoms with Gasteiger partial charge in [-0.15, -0.1) is 0 Å². The van der Waals surface area contributed by atoms with Crippen LogP contribution >= 0.6 is 0 Å². The molecule has 0 aliphatic carbocycles. The fourth-order valence-electron chi connectivity index (χ4n) is 2.04. The molecule has 0 saturated carbocycles. The molecule has 1 rings (SSSR count). The van der Waals surface area contributed by atoms with Crippen LogP contribution in [0.15, 0.2) is 0 Å². The van der Waals surface area contributed by atoms with Gasteiger partial charge in [0.25, 0.3) is 0 Å². The highest BCUT2D eigenvalue weighted by atomic mass is 16.4. The quantitative estimate of drug-likeness (QED) is 0.737. The van der Waals surface area contributed by atoms with Gasteiger partial charge in [-0.2, -0.15) is 0 Å². The Balaban J connectivity index is 2.53. The predicted molar refractivity (Wildman–Crippen MR) is 56.3 cm³/mol. The van der Waals surface area contributed by atoms with E-state index in [1.807, 2.05) is 6.92 Å².